The van der Waals surface area contributed by atoms with Gasteiger partial charge in [0.05, 0.1) is 16.8 Å². The zero-order chi connectivity index (χ0) is 36.6. The van der Waals surface area contributed by atoms with Crippen LogP contribution in [0.2, 0.25) is 0 Å². The quantitative estimate of drug-likeness (QED) is 0.131. The van der Waals surface area contributed by atoms with E-state index < -0.39 is 60.9 Å². The minimum Gasteiger partial charge on any atom is -0.456 e. The number of nitrogens with one attached hydrogen (secondary N) is 1. The summed E-state index contributed by atoms with van der Waals surface area (Å²) in [5, 5.41) is -2.69. The first-order chi connectivity index (χ1) is 23.9. The van der Waals surface area contributed by atoms with Crippen molar-refractivity contribution >= 4 is 43.7 Å². The summed E-state index contributed by atoms with van der Waals surface area (Å²) < 4.78 is 121. The van der Waals surface area contributed by atoms with Gasteiger partial charge in [0.1, 0.15) is 5.60 Å². The molecule has 0 saturated heterocycles. The lowest BCUT2D eigenvalue weighted by molar-refractivity contribution is -0.269. The van der Waals surface area contributed by atoms with E-state index in [9.17, 15) is 31.2 Å². The van der Waals surface area contributed by atoms with Gasteiger partial charge in [-0.15, -0.1) is 0 Å². The third-order valence-corrected chi connectivity index (χ3v) is 15.5. The summed E-state index contributed by atoms with van der Waals surface area (Å²) >= 11 is 0. The van der Waals surface area contributed by atoms with Crippen LogP contribution in [0.3, 0.4) is 0 Å². The van der Waals surface area contributed by atoms with Gasteiger partial charge in [-0.05, 0) is 97.6 Å². The van der Waals surface area contributed by atoms with Crippen molar-refractivity contribution in [3.63, 3.8) is 0 Å². The molecule has 3 unspecified atom stereocenters. The van der Waals surface area contributed by atoms with E-state index in [4.69, 9.17) is 8.37 Å². The molecule has 3 aromatic carbocycles. The van der Waals surface area contributed by atoms with Gasteiger partial charge in [-0.2, -0.15) is 30.4 Å². The molecule has 1 heterocycles. The number of carbonyl (C=O) groups excluding carboxylic acids is 2. The van der Waals surface area contributed by atoms with Crippen LogP contribution in [0.1, 0.15) is 45.4 Å². The van der Waals surface area contributed by atoms with Crippen LogP contribution in [0.25, 0.3) is 0 Å². The molecule has 4 aliphatic carbocycles. The second-order valence-corrected chi connectivity index (χ2v) is 18.5. The highest BCUT2D eigenvalue weighted by molar-refractivity contribution is 8.33. The Morgan fingerprint density at radius 3 is 1.92 bits per heavy atom. The molecule has 15 heteroatoms. The van der Waals surface area contributed by atoms with Crippen molar-refractivity contribution in [1.29, 1.82) is 0 Å². The lowest BCUT2D eigenvalue weighted by Gasteiger charge is -2.59. The molecule has 0 radical (unpaired) electrons. The SMILES string of the molecule is C=C(C)C(=O)OC12CC3CC(C1)CC(C(=O)OC(C(F)(F)F)C(F)(F)S(=O)(=O)OS1(c4ccccc4)c4ccccc4Nc4ccccc41)(C3)C2. The first kappa shape index (κ1) is 35.5. The molecule has 0 amide bonds. The Labute approximate surface area is 293 Å². The van der Waals surface area contributed by atoms with Crippen molar-refractivity contribution in [3.05, 3.63) is 91.0 Å². The minimum atomic E-state index is -6.57. The van der Waals surface area contributed by atoms with Crippen LogP contribution in [0, 0.1) is 17.3 Å². The number of ether oxygens (including phenoxy) is 2. The van der Waals surface area contributed by atoms with Crippen LogP contribution < -0.4 is 5.32 Å². The molecule has 5 aliphatic rings. The van der Waals surface area contributed by atoms with Crippen molar-refractivity contribution in [3.8, 4) is 0 Å². The predicted molar refractivity (Wildman–Crippen MR) is 177 cm³/mol. The van der Waals surface area contributed by atoms with Crippen molar-refractivity contribution in [2.45, 2.75) is 83.3 Å². The molecular weight excluding hydrogens is 718 g/mol. The molecule has 272 valence electrons. The van der Waals surface area contributed by atoms with Crippen LogP contribution in [0.15, 0.2) is 106 Å². The first-order valence-corrected chi connectivity index (χ1v) is 19.2. The number of hydrogen-bond acceptors (Lipinski definition) is 8. The van der Waals surface area contributed by atoms with Crippen molar-refractivity contribution in [2.75, 3.05) is 5.32 Å². The fraction of sp³-hybridized carbons (Fsp3) is 0.389. The monoisotopic (exact) mass is 751 g/mol. The third-order valence-electron chi connectivity index (χ3n) is 10.2. The Kier molecular flexibility index (Phi) is 8.38. The smallest absolute Gasteiger partial charge is 0.432 e. The Balaban J connectivity index is 1.28. The number of benzene rings is 3. The van der Waals surface area contributed by atoms with E-state index in [-0.39, 0.29) is 51.4 Å². The largest absolute Gasteiger partial charge is 0.456 e. The number of halogens is 5. The van der Waals surface area contributed by atoms with Gasteiger partial charge < -0.3 is 14.8 Å². The summed E-state index contributed by atoms with van der Waals surface area (Å²) in [6.45, 7) is 4.99. The zero-order valence-electron chi connectivity index (χ0n) is 27.3. The maximum absolute atomic E-state index is 16.4. The van der Waals surface area contributed by atoms with Gasteiger partial charge in [0, 0.05) is 26.7 Å². The van der Waals surface area contributed by atoms with Crippen molar-refractivity contribution in [2.24, 2.45) is 17.3 Å². The molecule has 3 aromatic rings. The molecule has 1 N–H and O–H groups in total. The summed E-state index contributed by atoms with van der Waals surface area (Å²) in [7, 11) is -10.3. The fourth-order valence-electron chi connectivity index (χ4n) is 8.57. The highest BCUT2D eigenvalue weighted by Gasteiger charge is 2.70. The molecule has 0 aromatic heterocycles. The van der Waals surface area contributed by atoms with Gasteiger partial charge >= 0.3 is 33.5 Å². The second-order valence-electron chi connectivity index (χ2n) is 14.0. The average molecular weight is 752 g/mol. The summed E-state index contributed by atoms with van der Waals surface area (Å²) in [5.74, 6) is -2.85. The molecule has 4 bridgehead atoms. The third kappa shape index (κ3) is 5.81. The molecule has 0 spiro atoms. The van der Waals surface area contributed by atoms with Crippen molar-refractivity contribution < 1.29 is 53.1 Å². The number of fused-ring (bicyclic) bond motifs is 2. The molecule has 8 nitrogen and oxygen atoms in total. The molecular formula is C36H34F5NO7S2. The van der Waals surface area contributed by atoms with Gasteiger partial charge in [-0.25, -0.2) is 8.42 Å². The number of anilines is 2. The Hall–Kier alpha value is -3.95. The van der Waals surface area contributed by atoms with E-state index in [1.54, 1.807) is 30.3 Å². The highest BCUT2D eigenvalue weighted by atomic mass is 32.3. The number of esters is 2. The topological polar surface area (TPSA) is 108 Å². The zero-order valence-corrected chi connectivity index (χ0v) is 28.9. The molecule has 8 rings (SSSR count). The maximum atomic E-state index is 16.4. The Morgan fingerprint density at radius 1 is 0.863 bits per heavy atom. The van der Waals surface area contributed by atoms with Gasteiger partial charge in [-0.1, -0.05) is 49.0 Å². The summed E-state index contributed by atoms with van der Waals surface area (Å²) in [6, 6.07) is 19.9. The van der Waals surface area contributed by atoms with Crippen LogP contribution in [0.5, 0.6) is 0 Å². The first-order valence-electron chi connectivity index (χ1n) is 16.3. The van der Waals surface area contributed by atoms with E-state index >= 15 is 8.78 Å². The molecule has 51 heavy (non-hydrogen) atoms. The summed E-state index contributed by atoms with van der Waals surface area (Å²) in [5.41, 5.74) is -2.23. The van der Waals surface area contributed by atoms with Crippen LogP contribution >= 0.6 is 10.3 Å². The van der Waals surface area contributed by atoms with Crippen LogP contribution in [-0.4, -0.2) is 43.5 Å². The summed E-state index contributed by atoms with van der Waals surface area (Å²) in [4.78, 5) is 26.7. The predicted octanol–water partition coefficient (Wildman–Crippen LogP) is 8.81. The van der Waals surface area contributed by atoms with Crippen molar-refractivity contribution in [1.82, 2.24) is 0 Å². The Morgan fingerprint density at radius 2 is 1.39 bits per heavy atom. The van der Waals surface area contributed by atoms with Crippen LogP contribution in [-0.2, 0) is 32.8 Å². The fourth-order valence-corrected chi connectivity index (χ4v) is 14.0. The number of para-hydroxylation sites is 2. The molecule has 4 fully saturated rings. The van der Waals surface area contributed by atoms with Gasteiger partial charge in [0.2, 0.25) is 0 Å². The van der Waals surface area contributed by atoms with E-state index in [1.807, 2.05) is 0 Å². The van der Waals surface area contributed by atoms with E-state index in [0.29, 0.717) is 30.6 Å². The average Bonchev–Trinajstić information content (AvgIpc) is 3.05. The standard InChI is InChI=1S/C36H34F5NO7S2/c1-22(2)30(43)48-34-19-23-16-24(20-34)18-33(17-23,21-34)32(44)47-31(35(37,38)39)36(40,41)51(45,46)49-50(25-10-4-3-5-11-25)28-14-8-6-12-26(28)42-27-13-7-9-15-29(27)50/h3-15,23-24,31,42H,1,16-21H2,2H3. The van der Waals surface area contributed by atoms with E-state index in [1.165, 1.54) is 55.5 Å². The minimum absolute atomic E-state index is 0.0237. The number of rotatable bonds is 9. The van der Waals surface area contributed by atoms with E-state index in [2.05, 4.69) is 16.6 Å². The number of carbonyl (C=O) groups is 2. The Bertz CT molecular complexity index is 1960. The second kappa shape index (κ2) is 12.1. The number of hydrogen-bond donors (Lipinski definition) is 1. The molecule has 4 saturated carbocycles. The lowest BCUT2D eigenvalue weighted by atomic mass is 9.48. The molecule has 3 atom stereocenters. The van der Waals surface area contributed by atoms with Gasteiger partial charge in [0.25, 0.3) is 6.10 Å². The highest BCUT2D eigenvalue weighted by Crippen LogP contribution is 2.75. The summed E-state index contributed by atoms with van der Waals surface area (Å²) in [6.07, 6.45) is -9.34. The van der Waals surface area contributed by atoms with Crippen LogP contribution in [0.4, 0.5) is 33.3 Å². The number of alkyl halides is 5. The van der Waals surface area contributed by atoms with E-state index in [0.717, 1.165) is 0 Å². The molecule has 1 aliphatic heterocycles. The lowest BCUT2D eigenvalue weighted by Crippen LogP contribution is -2.61. The normalized spacial score (nSPS) is 27.3. The van der Waals surface area contributed by atoms with Gasteiger partial charge in [-0.3, -0.25) is 4.79 Å². The van der Waals surface area contributed by atoms with Gasteiger partial charge in [0.15, 0.2) is 0 Å². The maximum Gasteiger partial charge on any atom is 0.432 e.